The fraction of sp³-hybridized carbons (Fsp3) is 0.545. The maximum Gasteiger partial charge on any atom is 0.528 e. The van der Waals surface area contributed by atoms with Crippen LogP contribution in [0, 0.1) is 6.92 Å². The van der Waals surface area contributed by atoms with Crippen LogP contribution in [0.25, 0.3) is 0 Å². The van der Waals surface area contributed by atoms with Crippen molar-refractivity contribution in [1.82, 2.24) is 20.0 Å². The second-order valence-corrected chi connectivity index (χ2v) is 7.79. The van der Waals surface area contributed by atoms with Crippen molar-refractivity contribution in [3.8, 4) is 17.5 Å². The van der Waals surface area contributed by atoms with Crippen LogP contribution >= 0.6 is 0 Å². The minimum absolute atomic E-state index is 0.0850. The smallest absolute Gasteiger partial charge is 0.489 e. The van der Waals surface area contributed by atoms with Gasteiger partial charge < -0.3 is 34.2 Å². The van der Waals surface area contributed by atoms with Crippen LogP contribution < -0.4 is 19.5 Å². The average Bonchev–Trinajstić information content (AvgIpc) is 2.80. The fourth-order valence-corrected chi connectivity index (χ4v) is 3.26. The Morgan fingerprint density at radius 3 is 2.68 bits per heavy atom. The zero-order valence-electron chi connectivity index (χ0n) is 19.8. The number of pyridine rings is 1. The molecule has 1 aliphatic heterocycles. The normalized spacial score (nSPS) is 14.5. The third kappa shape index (κ3) is 7.06. The van der Waals surface area contributed by atoms with E-state index in [1.807, 2.05) is 6.92 Å². The number of nitrogens with one attached hydrogen (secondary N) is 1. The second kappa shape index (κ2) is 12.2. The first-order valence-electron chi connectivity index (χ1n) is 11.1. The number of methoxy groups -OCH3 is 1. The molecule has 0 aliphatic carbocycles. The van der Waals surface area contributed by atoms with Gasteiger partial charge in [-0.3, -0.25) is 0 Å². The molecule has 3 heterocycles. The van der Waals surface area contributed by atoms with Crippen LogP contribution in [-0.4, -0.2) is 76.9 Å². The third-order valence-corrected chi connectivity index (χ3v) is 4.84. The number of anilines is 2. The number of aliphatic hydroxyl groups excluding tert-OH is 1. The number of nitrogens with zero attached hydrogens (tertiary/aromatic N) is 4. The Kier molecular flexibility index (Phi) is 9.05. The summed E-state index contributed by atoms with van der Waals surface area (Å²) in [7, 11) is 1.52. The van der Waals surface area contributed by atoms with Crippen molar-refractivity contribution in [2.45, 2.75) is 45.8 Å². The molecule has 1 aliphatic rings. The van der Waals surface area contributed by atoms with E-state index in [4.69, 9.17) is 28.9 Å². The highest BCUT2D eigenvalue weighted by molar-refractivity contribution is 5.66. The van der Waals surface area contributed by atoms with Gasteiger partial charge in [0.2, 0.25) is 11.6 Å². The van der Waals surface area contributed by atoms with Gasteiger partial charge in [0.1, 0.15) is 19.0 Å². The van der Waals surface area contributed by atoms with Crippen molar-refractivity contribution in [1.29, 1.82) is 0 Å². The summed E-state index contributed by atoms with van der Waals surface area (Å²) >= 11 is 0. The first kappa shape index (κ1) is 25.2. The Labute approximate surface area is 198 Å². The van der Waals surface area contributed by atoms with Gasteiger partial charge in [-0.15, -0.1) is 5.06 Å². The maximum atomic E-state index is 11.7. The number of aromatic nitrogens is 3. The van der Waals surface area contributed by atoms with E-state index in [1.54, 1.807) is 31.0 Å². The number of carbonyl (C=O) groups excluding carboxylic acids is 1. The molecule has 186 valence electrons. The molecule has 0 amide bonds. The molecule has 2 aromatic heterocycles. The molecule has 0 saturated carbocycles. The third-order valence-electron chi connectivity index (χ3n) is 4.84. The predicted molar refractivity (Wildman–Crippen MR) is 121 cm³/mol. The SMILES string of the molecule is COc1c(Nc2ccc(OCCO)nc2C)ncnc1OC1CCN(OC(=O)OC(C)C)CC1. The zero-order valence-corrected chi connectivity index (χ0v) is 19.8. The van der Waals surface area contributed by atoms with E-state index in [-0.39, 0.29) is 25.4 Å². The number of aryl methyl sites for hydroxylation is 1. The number of aliphatic hydroxyl groups is 1. The highest BCUT2D eigenvalue weighted by Gasteiger charge is 2.26. The van der Waals surface area contributed by atoms with Gasteiger partial charge in [-0.2, -0.15) is 4.98 Å². The van der Waals surface area contributed by atoms with Crippen molar-refractivity contribution in [2.75, 3.05) is 38.7 Å². The van der Waals surface area contributed by atoms with E-state index in [0.717, 1.165) is 0 Å². The Morgan fingerprint density at radius 2 is 2.03 bits per heavy atom. The first-order valence-corrected chi connectivity index (χ1v) is 11.1. The Hall–Kier alpha value is -3.38. The van der Waals surface area contributed by atoms with E-state index >= 15 is 0 Å². The average molecular weight is 478 g/mol. The molecular weight excluding hydrogens is 446 g/mol. The quantitative estimate of drug-likeness (QED) is 0.487. The summed E-state index contributed by atoms with van der Waals surface area (Å²) in [6.07, 6.45) is 1.57. The van der Waals surface area contributed by atoms with Crippen LogP contribution in [0.4, 0.5) is 16.3 Å². The molecule has 1 fully saturated rings. The molecule has 3 rings (SSSR count). The molecule has 0 spiro atoms. The van der Waals surface area contributed by atoms with E-state index in [0.29, 0.717) is 60.6 Å². The number of hydroxylamine groups is 2. The van der Waals surface area contributed by atoms with Gasteiger partial charge in [0.15, 0.2) is 5.82 Å². The minimum atomic E-state index is -0.708. The van der Waals surface area contributed by atoms with Crippen molar-refractivity contribution in [2.24, 2.45) is 0 Å². The molecule has 0 unspecified atom stereocenters. The molecular formula is C22H31N5O7. The van der Waals surface area contributed by atoms with Gasteiger partial charge >= 0.3 is 6.16 Å². The molecule has 12 nitrogen and oxygen atoms in total. The van der Waals surface area contributed by atoms with Crippen LogP contribution in [0.1, 0.15) is 32.4 Å². The molecule has 0 aromatic carbocycles. The topological polar surface area (TPSA) is 137 Å². The summed E-state index contributed by atoms with van der Waals surface area (Å²) in [6, 6.07) is 3.50. The lowest BCUT2D eigenvalue weighted by Crippen LogP contribution is -2.40. The zero-order chi connectivity index (χ0) is 24.5. The monoisotopic (exact) mass is 477 g/mol. The lowest BCUT2D eigenvalue weighted by atomic mass is 10.1. The van der Waals surface area contributed by atoms with Crippen molar-refractivity contribution in [3.05, 3.63) is 24.2 Å². The Bertz CT molecular complexity index is 951. The largest absolute Gasteiger partial charge is 0.528 e. The van der Waals surface area contributed by atoms with E-state index < -0.39 is 6.16 Å². The van der Waals surface area contributed by atoms with Crippen LogP contribution in [-0.2, 0) is 9.57 Å². The van der Waals surface area contributed by atoms with E-state index in [1.165, 1.54) is 13.4 Å². The summed E-state index contributed by atoms with van der Waals surface area (Å²) in [5.41, 5.74) is 1.39. The van der Waals surface area contributed by atoms with Crippen molar-refractivity contribution in [3.63, 3.8) is 0 Å². The number of hydrogen-bond acceptors (Lipinski definition) is 12. The standard InChI is InChI=1S/C22H31N5O7/c1-14(2)32-22(29)34-27-9-7-16(8-10-27)33-21-19(30-4)20(23-13-24-21)26-17-5-6-18(25-15(17)3)31-12-11-28/h5-6,13-14,16,28H,7-12H2,1-4H3,(H,23,24,26). The number of hydrogen-bond donors (Lipinski definition) is 2. The maximum absolute atomic E-state index is 11.7. The highest BCUT2D eigenvalue weighted by atomic mass is 16.8. The molecule has 12 heteroatoms. The number of rotatable bonds is 10. The summed E-state index contributed by atoms with van der Waals surface area (Å²) < 4.78 is 22.0. The number of ether oxygens (including phenoxy) is 4. The van der Waals surface area contributed by atoms with Gasteiger partial charge in [-0.25, -0.2) is 14.8 Å². The van der Waals surface area contributed by atoms with Crippen LogP contribution in [0.2, 0.25) is 0 Å². The second-order valence-electron chi connectivity index (χ2n) is 7.79. The molecule has 0 radical (unpaired) electrons. The van der Waals surface area contributed by atoms with Gasteiger partial charge in [0.25, 0.3) is 5.88 Å². The molecule has 34 heavy (non-hydrogen) atoms. The molecule has 2 N–H and O–H groups in total. The highest BCUT2D eigenvalue weighted by Crippen LogP contribution is 2.35. The Morgan fingerprint density at radius 1 is 1.26 bits per heavy atom. The number of carbonyl (C=O) groups is 1. The van der Waals surface area contributed by atoms with Crippen LogP contribution in [0.3, 0.4) is 0 Å². The lowest BCUT2D eigenvalue weighted by Gasteiger charge is -2.30. The van der Waals surface area contributed by atoms with Gasteiger partial charge in [-0.1, -0.05) is 0 Å². The molecule has 1 saturated heterocycles. The summed E-state index contributed by atoms with van der Waals surface area (Å²) in [5.74, 6) is 1.52. The van der Waals surface area contributed by atoms with Gasteiger partial charge in [-0.05, 0) is 26.8 Å². The van der Waals surface area contributed by atoms with Crippen molar-refractivity contribution >= 4 is 17.7 Å². The van der Waals surface area contributed by atoms with E-state index in [2.05, 4.69) is 20.3 Å². The minimum Gasteiger partial charge on any atom is -0.489 e. The van der Waals surface area contributed by atoms with Crippen LogP contribution in [0.5, 0.6) is 17.5 Å². The summed E-state index contributed by atoms with van der Waals surface area (Å²) in [6.45, 7) is 6.45. The lowest BCUT2D eigenvalue weighted by molar-refractivity contribution is -0.151. The summed E-state index contributed by atoms with van der Waals surface area (Å²) in [4.78, 5) is 29.8. The van der Waals surface area contributed by atoms with Crippen molar-refractivity contribution < 1.29 is 33.7 Å². The Balaban J connectivity index is 1.62. The predicted octanol–water partition coefficient (Wildman–Crippen LogP) is 2.62. The fourth-order valence-electron chi connectivity index (χ4n) is 3.26. The molecule has 2 aromatic rings. The molecule has 0 atom stereocenters. The molecule has 0 bridgehead atoms. The summed E-state index contributed by atoms with van der Waals surface area (Å²) in [5, 5.41) is 13.7. The van der Waals surface area contributed by atoms with E-state index in [9.17, 15) is 4.79 Å². The number of piperidine rings is 1. The first-order chi connectivity index (χ1) is 16.4. The van der Waals surface area contributed by atoms with Crippen LogP contribution in [0.15, 0.2) is 18.5 Å². The van der Waals surface area contributed by atoms with Gasteiger partial charge in [0.05, 0.1) is 31.2 Å². The van der Waals surface area contributed by atoms with Gasteiger partial charge in [0, 0.05) is 32.0 Å².